The van der Waals surface area contributed by atoms with Gasteiger partial charge in [0.1, 0.15) is 0 Å². The molecule has 0 fully saturated rings. The minimum atomic E-state index is -2.20. The summed E-state index contributed by atoms with van der Waals surface area (Å²) in [5, 5.41) is 0. The molecule has 1 aromatic carbocycles. The van der Waals surface area contributed by atoms with E-state index in [0.29, 0.717) is 0 Å². The van der Waals surface area contributed by atoms with E-state index in [1.54, 1.807) is 6.92 Å². The van der Waals surface area contributed by atoms with Crippen molar-refractivity contribution in [1.29, 1.82) is 0 Å². The molecular formula is C8H10O3SY. The van der Waals surface area contributed by atoms with Crippen LogP contribution >= 0.6 is 0 Å². The molecule has 69 valence electrons. The van der Waals surface area contributed by atoms with Gasteiger partial charge >= 0.3 is 11.4 Å². The molecule has 3 nitrogen and oxygen atoms in total. The van der Waals surface area contributed by atoms with E-state index < -0.39 is 11.4 Å². The number of hydrogen-bond acceptors (Lipinski definition) is 2. The topological polar surface area (TPSA) is 46.5 Å². The first-order chi connectivity index (χ1) is 5.70. The van der Waals surface area contributed by atoms with Gasteiger partial charge in [-0.3, -0.25) is 8.74 Å². The van der Waals surface area contributed by atoms with Crippen molar-refractivity contribution in [1.82, 2.24) is 0 Å². The Hall–Kier alpha value is 0.394. The second-order valence-corrected chi connectivity index (χ2v) is 2.99. The fraction of sp³-hybridized carbons (Fsp3) is 0.250. The molecule has 1 aromatic rings. The van der Waals surface area contributed by atoms with Crippen molar-refractivity contribution in [3.63, 3.8) is 0 Å². The Morgan fingerprint density at radius 1 is 1.38 bits per heavy atom. The molecule has 0 bridgehead atoms. The first-order valence-corrected chi connectivity index (χ1v) is 4.56. The van der Waals surface area contributed by atoms with Gasteiger partial charge in [0.2, 0.25) is 0 Å². The molecule has 5 heteroatoms. The van der Waals surface area contributed by atoms with Crippen LogP contribution in [0, 0.1) is 0 Å². The van der Waals surface area contributed by atoms with Crippen LogP contribution in [0.3, 0.4) is 0 Å². The summed E-state index contributed by atoms with van der Waals surface area (Å²) in [5.41, 5.74) is 0.889. The minimum absolute atomic E-state index is 0. The van der Waals surface area contributed by atoms with Crippen LogP contribution in [0.2, 0.25) is 0 Å². The predicted octanol–water partition coefficient (Wildman–Crippen LogP) is 1.90. The molecule has 0 spiro atoms. The van der Waals surface area contributed by atoms with Gasteiger partial charge in [-0.15, -0.1) is 0 Å². The van der Waals surface area contributed by atoms with Crippen molar-refractivity contribution in [2.75, 3.05) is 0 Å². The number of benzene rings is 1. The van der Waals surface area contributed by atoms with E-state index in [9.17, 15) is 4.21 Å². The monoisotopic (exact) mass is 275 g/mol. The summed E-state index contributed by atoms with van der Waals surface area (Å²) < 4.78 is 23.4. The number of hydrogen-bond donors (Lipinski definition) is 1. The van der Waals surface area contributed by atoms with Gasteiger partial charge < -0.3 is 0 Å². The van der Waals surface area contributed by atoms with Gasteiger partial charge in [0.25, 0.3) is 0 Å². The Labute approximate surface area is 105 Å². The van der Waals surface area contributed by atoms with Crippen molar-refractivity contribution in [2.45, 2.75) is 13.0 Å². The second-order valence-electron chi connectivity index (χ2n) is 2.37. The molecular weight excluding hydrogens is 265 g/mol. The molecule has 0 aliphatic heterocycles. The zero-order valence-electron chi connectivity index (χ0n) is 7.21. The summed E-state index contributed by atoms with van der Waals surface area (Å²) in [6.07, 6.45) is -0.350. The number of rotatable bonds is 3. The van der Waals surface area contributed by atoms with E-state index in [1.807, 2.05) is 30.3 Å². The average molecular weight is 275 g/mol. The van der Waals surface area contributed by atoms with Crippen molar-refractivity contribution in [2.24, 2.45) is 0 Å². The molecule has 0 aromatic heterocycles. The fourth-order valence-electron chi connectivity index (χ4n) is 0.903. The van der Waals surface area contributed by atoms with Crippen LogP contribution in [0.4, 0.5) is 0 Å². The van der Waals surface area contributed by atoms with Gasteiger partial charge in [0.05, 0.1) is 6.10 Å². The largest absolute Gasteiger partial charge is 0.302 e. The molecule has 1 radical (unpaired) electrons. The van der Waals surface area contributed by atoms with Crippen LogP contribution in [0.5, 0.6) is 0 Å². The van der Waals surface area contributed by atoms with Gasteiger partial charge in [-0.2, -0.15) is 4.21 Å². The zero-order chi connectivity index (χ0) is 8.97. The van der Waals surface area contributed by atoms with Crippen LogP contribution in [0.1, 0.15) is 18.6 Å². The first kappa shape index (κ1) is 13.4. The van der Waals surface area contributed by atoms with Crippen LogP contribution < -0.4 is 0 Å². The summed E-state index contributed by atoms with van der Waals surface area (Å²) in [6, 6.07) is 9.28. The molecule has 2 unspecified atom stereocenters. The van der Waals surface area contributed by atoms with Gasteiger partial charge in [-0.05, 0) is 12.5 Å². The van der Waals surface area contributed by atoms with Gasteiger partial charge in [-0.1, -0.05) is 30.3 Å². The summed E-state index contributed by atoms with van der Waals surface area (Å²) in [6.45, 7) is 1.73. The zero-order valence-corrected chi connectivity index (χ0v) is 10.9. The molecule has 0 amide bonds. The SMILES string of the molecule is CC(OS(=O)O)c1ccccc1.[Y]. The predicted molar refractivity (Wildman–Crippen MR) is 46.7 cm³/mol. The molecule has 1 N–H and O–H groups in total. The summed E-state index contributed by atoms with van der Waals surface area (Å²) in [7, 11) is 0. The van der Waals surface area contributed by atoms with Crippen molar-refractivity contribution >= 4 is 11.4 Å². The van der Waals surface area contributed by atoms with Gasteiger partial charge in [-0.25, -0.2) is 0 Å². The Kier molecular flexibility index (Phi) is 7.00. The molecule has 2 atom stereocenters. The van der Waals surface area contributed by atoms with Crippen molar-refractivity contribution in [3.8, 4) is 0 Å². The Bertz CT molecular complexity index is 265. The summed E-state index contributed by atoms with van der Waals surface area (Å²) in [4.78, 5) is 0. The van der Waals surface area contributed by atoms with Crippen molar-refractivity contribution < 1.29 is 45.7 Å². The van der Waals surface area contributed by atoms with E-state index in [1.165, 1.54) is 0 Å². The third-order valence-electron chi connectivity index (χ3n) is 1.50. The molecule has 0 saturated heterocycles. The van der Waals surface area contributed by atoms with Gasteiger partial charge in [0.15, 0.2) is 0 Å². The molecule has 1 rings (SSSR count). The van der Waals surface area contributed by atoms with Crippen LogP contribution in [0.15, 0.2) is 30.3 Å². The average Bonchev–Trinajstić information content (AvgIpc) is 2.05. The maximum absolute atomic E-state index is 10.3. The Morgan fingerprint density at radius 3 is 2.38 bits per heavy atom. The van der Waals surface area contributed by atoms with E-state index in [-0.39, 0.29) is 38.8 Å². The van der Waals surface area contributed by atoms with E-state index >= 15 is 0 Å². The van der Waals surface area contributed by atoms with Gasteiger partial charge in [0, 0.05) is 32.7 Å². The molecule has 0 heterocycles. The van der Waals surface area contributed by atoms with Crippen LogP contribution in [-0.2, 0) is 48.3 Å². The van der Waals surface area contributed by atoms with E-state index in [0.717, 1.165) is 5.56 Å². The molecule has 13 heavy (non-hydrogen) atoms. The standard InChI is InChI=1S/C8H10O3S.Y/c1-7(11-12(9)10)8-5-3-2-4-6-8;/h2-7H,1H3,(H,9,10);. The summed E-state index contributed by atoms with van der Waals surface area (Å²) in [5.74, 6) is 0. The third kappa shape index (κ3) is 4.98. The van der Waals surface area contributed by atoms with E-state index in [4.69, 9.17) is 4.55 Å². The molecule has 0 aliphatic carbocycles. The minimum Gasteiger partial charge on any atom is -0.284 e. The van der Waals surface area contributed by atoms with Crippen LogP contribution in [0.25, 0.3) is 0 Å². The fourth-order valence-corrected chi connectivity index (χ4v) is 1.26. The molecule has 0 saturated carbocycles. The molecule has 0 aliphatic rings. The van der Waals surface area contributed by atoms with E-state index in [2.05, 4.69) is 4.18 Å². The normalized spacial score (nSPS) is 14.3. The van der Waals surface area contributed by atoms with Crippen molar-refractivity contribution in [3.05, 3.63) is 35.9 Å². The maximum atomic E-state index is 10.3. The summed E-state index contributed by atoms with van der Waals surface area (Å²) >= 11 is -2.20. The first-order valence-electron chi connectivity index (χ1n) is 3.53. The Morgan fingerprint density at radius 2 is 1.92 bits per heavy atom. The third-order valence-corrected chi connectivity index (χ3v) is 1.95. The van der Waals surface area contributed by atoms with Crippen LogP contribution in [-0.4, -0.2) is 8.76 Å². The maximum Gasteiger partial charge on any atom is 0.302 e. The Balaban J connectivity index is 0.00000144. The second kappa shape index (κ2) is 6.79. The quantitative estimate of drug-likeness (QED) is 0.857. The smallest absolute Gasteiger partial charge is 0.284 e.